The Labute approximate surface area is 104 Å². The van der Waals surface area contributed by atoms with Crippen LogP contribution in [0, 0.1) is 0 Å². The van der Waals surface area contributed by atoms with Crippen molar-refractivity contribution in [1.82, 2.24) is 4.90 Å². The molecule has 0 aromatic carbocycles. The first-order chi connectivity index (χ1) is 8.44. The highest BCUT2D eigenvalue weighted by Crippen LogP contribution is 2.36. The fourth-order valence-electron chi connectivity index (χ4n) is 1.99. The number of aldehydes is 1. The molecule has 1 aliphatic rings. The van der Waals surface area contributed by atoms with E-state index in [-0.39, 0.29) is 19.4 Å². The van der Waals surface area contributed by atoms with Gasteiger partial charge in [0.1, 0.15) is 12.1 Å². The molecular formula is C11H17F2NO4. The first-order valence-electron chi connectivity index (χ1n) is 5.88. The van der Waals surface area contributed by atoms with Gasteiger partial charge < -0.3 is 14.6 Å². The summed E-state index contributed by atoms with van der Waals surface area (Å²) in [4.78, 5) is 22.3. The predicted octanol–water partition coefficient (Wildman–Crippen LogP) is 1.76. The summed E-state index contributed by atoms with van der Waals surface area (Å²) in [5.41, 5.74) is 0. The summed E-state index contributed by atoms with van der Waals surface area (Å²) >= 11 is 0. The van der Waals surface area contributed by atoms with Crippen molar-refractivity contribution < 1.29 is 28.2 Å². The summed E-state index contributed by atoms with van der Waals surface area (Å²) in [5, 5.41) is 8.85. The summed E-state index contributed by atoms with van der Waals surface area (Å²) in [7, 11) is 0. The number of unbranched alkanes of at least 4 members (excludes halogenated alkanes) is 1. The molecule has 1 rings (SSSR count). The Morgan fingerprint density at radius 1 is 1.67 bits per heavy atom. The maximum atomic E-state index is 13.6. The van der Waals surface area contributed by atoms with E-state index >= 15 is 0 Å². The summed E-state index contributed by atoms with van der Waals surface area (Å²) in [5.74, 6) is -3.23. The third-order valence-electron chi connectivity index (χ3n) is 2.95. The van der Waals surface area contributed by atoms with Gasteiger partial charge in [0, 0.05) is 19.6 Å². The summed E-state index contributed by atoms with van der Waals surface area (Å²) < 4.78 is 32.3. The predicted molar refractivity (Wildman–Crippen MR) is 58.8 cm³/mol. The average molecular weight is 265 g/mol. The number of halogens is 2. The van der Waals surface area contributed by atoms with Crippen molar-refractivity contribution in [3.63, 3.8) is 0 Å². The monoisotopic (exact) mass is 265 g/mol. The van der Waals surface area contributed by atoms with Gasteiger partial charge in [-0.25, -0.2) is 13.6 Å². The highest BCUT2D eigenvalue weighted by atomic mass is 19.3. The molecule has 1 heterocycles. The third-order valence-corrected chi connectivity index (χ3v) is 2.95. The van der Waals surface area contributed by atoms with Gasteiger partial charge in [0.25, 0.3) is 5.92 Å². The lowest BCUT2D eigenvalue weighted by atomic mass is 10.1. The quantitative estimate of drug-likeness (QED) is 0.587. The molecule has 0 saturated carbocycles. The molecule has 7 heteroatoms. The van der Waals surface area contributed by atoms with Crippen molar-refractivity contribution in [2.24, 2.45) is 0 Å². The number of hydrogen-bond donors (Lipinski definition) is 1. The highest BCUT2D eigenvalue weighted by Gasteiger charge is 2.55. The fraction of sp³-hybridized carbons (Fsp3) is 0.818. The molecule has 1 aliphatic heterocycles. The van der Waals surface area contributed by atoms with E-state index in [1.807, 2.05) is 6.92 Å². The number of carbonyl (C=O) groups is 2. The van der Waals surface area contributed by atoms with Crippen LogP contribution in [0.15, 0.2) is 0 Å². The minimum absolute atomic E-state index is 0.167. The maximum absolute atomic E-state index is 13.6. The Morgan fingerprint density at radius 2 is 2.33 bits per heavy atom. The zero-order valence-corrected chi connectivity index (χ0v) is 10.1. The number of carbonyl (C=O) groups excluding carboxylic acids is 1. The number of amides is 1. The van der Waals surface area contributed by atoms with Crippen molar-refractivity contribution >= 4 is 12.4 Å². The van der Waals surface area contributed by atoms with Gasteiger partial charge in [-0.2, -0.15) is 0 Å². The second kappa shape index (κ2) is 6.08. The van der Waals surface area contributed by atoms with Gasteiger partial charge in [-0.3, -0.25) is 4.90 Å². The maximum Gasteiger partial charge on any atom is 0.407 e. The molecule has 0 radical (unpaired) electrons. The lowest BCUT2D eigenvalue weighted by Gasteiger charge is -2.29. The Morgan fingerprint density at radius 3 is 2.83 bits per heavy atom. The fourth-order valence-corrected chi connectivity index (χ4v) is 1.99. The molecule has 0 aliphatic carbocycles. The second-order valence-corrected chi connectivity index (χ2v) is 4.26. The Hall–Kier alpha value is -1.24. The van der Waals surface area contributed by atoms with E-state index in [2.05, 4.69) is 0 Å². The van der Waals surface area contributed by atoms with Crippen LogP contribution in [0.4, 0.5) is 13.6 Å². The molecule has 2 unspecified atom stereocenters. The van der Waals surface area contributed by atoms with E-state index in [0.29, 0.717) is 11.3 Å². The van der Waals surface area contributed by atoms with Crippen LogP contribution < -0.4 is 0 Å². The molecular weight excluding hydrogens is 248 g/mol. The number of hydrogen-bond acceptors (Lipinski definition) is 3. The van der Waals surface area contributed by atoms with Crippen molar-refractivity contribution in [1.29, 1.82) is 0 Å². The van der Waals surface area contributed by atoms with Crippen molar-refractivity contribution in [2.45, 2.75) is 44.3 Å². The number of alkyl halides is 2. The number of nitrogens with zero attached hydrogens (tertiary/aromatic N) is 1. The molecule has 1 fully saturated rings. The molecule has 0 aromatic heterocycles. The first kappa shape index (κ1) is 14.8. The van der Waals surface area contributed by atoms with Gasteiger partial charge >= 0.3 is 6.09 Å². The highest BCUT2D eigenvalue weighted by molar-refractivity contribution is 5.68. The van der Waals surface area contributed by atoms with Crippen LogP contribution in [-0.4, -0.2) is 53.6 Å². The summed E-state index contributed by atoms with van der Waals surface area (Å²) in [6, 6.07) is -1.72. The van der Waals surface area contributed by atoms with E-state index in [0.717, 1.165) is 6.42 Å². The van der Waals surface area contributed by atoms with Gasteiger partial charge in [0.15, 0.2) is 6.29 Å². The van der Waals surface area contributed by atoms with E-state index in [4.69, 9.17) is 9.84 Å². The molecule has 2 atom stereocenters. The van der Waals surface area contributed by atoms with Gasteiger partial charge in [-0.05, 0) is 6.42 Å². The smallest absolute Gasteiger partial charge is 0.407 e. The Kier molecular flexibility index (Phi) is 5.01. The average Bonchev–Trinajstić information content (AvgIpc) is 2.61. The zero-order valence-electron chi connectivity index (χ0n) is 10.1. The standard InChI is InChI=1S/C11H17F2NO4/c1-2-3-6-18-8(7-15)9-11(12,13)4-5-14(9)10(16)17/h7-9H,2-6H2,1H3,(H,16,17). The zero-order chi connectivity index (χ0) is 13.8. The van der Waals surface area contributed by atoms with Crippen LogP contribution in [0.1, 0.15) is 26.2 Å². The lowest BCUT2D eigenvalue weighted by molar-refractivity contribution is -0.133. The van der Waals surface area contributed by atoms with E-state index in [1.54, 1.807) is 0 Å². The first-order valence-corrected chi connectivity index (χ1v) is 5.88. The van der Waals surface area contributed by atoms with E-state index in [1.165, 1.54) is 0 Å². The van der Waals surface area contributed by atoms with Gasteiger partial charge in [0.05, 0.1) is 0 Å². The van der Waals surface area contributed by atoms with Crippen LogP contribution in [-0.2, 0) is 9.53 Å². The molecule has 18 heavy (non-hydrogen) atoms. The third kappa shape index (κ3) is 3.16. The number of likely N-dealkylation sites (tertiary alicyclic amines) is 1. The molecule has 1 N–H and O–H groups in total. The van der Waals surface area contributed by atoms with Crippen molar-refractivity contribution in [3.05, 3.63) is 0 Å². The summed E-state index contributed by atoms with van der Waals surface area (Å²) in [6.45, 7) is 1.78. The molecule has 1 saturated heterocycles. The topological polar surface area (TPSA) is 66.8 Å². The second-order valence-electron chi connectivity index (χ2n) is 4.26. The van der Waals surface area contributed by atoms with Crippen LogP contribution in [0.5, 0.6) is 0 Å². The van der Waals surface area contributed by atoms with E-state index < -0.39 is 30.6 Å². The molecule has 0 spiro atoms. The molecule has 0 bridgehead atoms. The Bertz CT molecular complexity index is 311. The Balaban J connectivity index is 2.78. The molecule has 5 nitrogen and oxygen atoms in total. The molecule has 1 amide bonds. The van der Waals surface area contributed by atoms with Crippen LogP contribution >= 0.6 is 0 Å². The van der Waals surface area contributed by atoms with Crippen molar-refractivity contribution in [3.8, 4) is 0 Å². The van der Waals surface area contributed by atoms with Crippen LogP contribution in [0.3, 0.4) is 0 Å². The number of carboxylic acid groups (broad SMARTS) is 1. The number of rotatable bonds is 6. The van der Waals surface area contributed by atoms with Crippen molar-refractivity contribution in [2.75, 3.05) is 13.2 Å². The lowest BCUT2D eigenvalue weighted by Crippen LogP contribution is -2.51. The number of ether oxygens (including phenoxy) is 1. The minimum atomic E-state index is -3.23. The van der Waals surface area contributed by atoms with Gasteiger partial charge in [-0.15, -0.1) is 0 Å². The minimum Gasteiger partial charge on any atom is -0.465 e. The SMILES string of the molecule is CCCCOC(C=O)C1N(C(=O)O)CCC1(F)F. The largest absolute Gasteiger partial charge is 0.465 e. The van der Waals surface area contributed by atoms with Crippen LogP contribution in [0.25, 0.3) is 0 Å². The van der Waals surface area contributed by atoms with Gasteiger partial charge in [-0.1, -0.05) is 13.3 Å². The molecule has 104 valence electrons. The van der Waals surface area contributed by atoms with E-state index in [9.17, 15) is 18.4 Å². The summed E-state index contributed by atoms with van der Waals surface area (Å²) in [6.07, 6.45) is -1.75. The van der Waals surface area contributed by atoms with Crippen LogP contribution in [0.2, 0.25) is 0 Å². The molecule has 0 aromatic rings. The normalized spacial score (nSPS) is 23.9. The van der Waals surface area contributed by atoms with Gasteiger partial charge in [0.2, 0.25) is 0 Å².